The van der Waals surface area contributed by atoms with E-state index in [2.05, 4.69) is 63.7 Å². The Morgan fingerprint density at radius 3 is 1.32 bits per heavy atom. The van der Waals surface area contributed by atoms with E-state index in [0.717, 1.165) is 28.7 Å². The van der Waals surface area contributed by atoms with Gasteiger partial charge in [-0.3, -0.25) is 0 Å². The van der Waals surface area contributed by atoms with E-state index in [1.807, 2.05) is 0 Å². The molecule has 0 N–H and O–H groups in total. The molecule has 0 aliphatic heterocycles. The van der Waals surface area contributed by atoms with Gasteiger partial charge in [0.25, 0.3) is 0 Å². The first kappa shape index (κ1) is 17.9. The van der Waals surface area contributed by atoms with Crippen LogP contribution >= 0.6 is 63.7 Å². The highest BCUT2D eigenvalue weighted by Crippen LogP contribution is 2.44. The molecule has 0 saturated carbocycles. The van der Waals surface area contributed by atoms with E-state index in [1.165, 1.54) is 14.2 Å². The second kappa shape index (κ2) is 6.98. The fourth-order valence-corrected chi connectivity index (χ4v) is 4.36. The smallest absolute Gasteiger partial charge is 0.338 e. The van der Waals surface area contributed by atoms with Gasteiger partial charge in [-0.25, -0.2) is 9.59 Å². The predicted octanol–water partition coefficient (Wildman–Crippen LogP) is 5.46. The zero-order valence-electron chi connectivity index (χ0n) is 11.3. The first-order chi connectivity index (χ1) is 10.3. The Hall–Kier alpha value is -0.440. The van der Waals surface area contributed by atoms with Crippen molar-refractivity contribution in [2.24, 2.45) is 0 Å². The van der Waals surface area contributed by atoms with Crippen LogP contribution in [0.5, 0.6) is 0 Å². The number of halogens is 4. The van der Waals surface area contributed by atoms with Crippen molar-refractivity contribution in [1.82, 2.24) is 0 Å². The molecule has 2 aromatic carbocycles. The molecular weight excluding hydrogens is 552 g/mol. The first-order valence-electron chi connectivity index (χ1n) is 5.79. The number of carbonyl (C=O) groups excluding carboxylic acids is 2. The highest BCUT2D eigenvalue weighted by Gasteiger charge is 2.23. The van der Waals surface area contributed by atoms with Crippen LogP contribution in [0.2, 0.25) is 0 Å². The van der Waals surface area contributed by atoms with Crippen LogP contribution in [0.4, 0.5) is 0 Å². The van der Waals surface area contributed by atoms with Crippen molar-refractivity contribution in [3.63, 3.8) is 0 Å². The second-order valence-corrected chi connectivity index (χ2v) is 7.35. The fraction of sp³-hybridized carbons (Fsp3) is 0.143. The van der Waals surface area contributed by atoms with Crippen LogP contribution in [0.1, 0.15) is 20.7 Å². The molecule has 116 valence electrons. The van der Waals surface area contributed by atoms with Crippen LogP contribution in [-0.4, -0.2) is 26.2 Å². The van der Waals surface area contributed by atoms with E-state index < -0.39 is 11.9 Å². The number of carbonyl (C=O) groups is 2. The summed E-state index contributed by atoms with van der Waals surface area (Å²) < 4.78 is 12.6. The largest absolute Gasteiger partial charge is 0.465 e. The molecule has 0 heterocycles. The average Bonchev–Trinajstić information content (AvgIpc) is 2.55. The van der Waals surface area contributed by atoms with Crippen LogP contribution in [0, 0.1) is 0 Å². The molecule has 8 heteroatoms. The molecule has 0 bridgehead atoms. The minimum absolute atomic E-state index is 0.142. The molecule has 0 saturated heterocycles. The van der Waals surface area contributed by atoms with E-state index in [0.29, 0.717) is 0 Å². The van der Waals surface area contributed by atoms with Gasteiger partial charge in [0.15, 0.2) is 0 Å². The number of hydrogen-bond donors (Lipinski definition) is 0. The standard InChI is InChI=1S/C14H8Br4O4/c1-21-13(19)7-3-5-6(4-8(7)14(20)22-2)10(16)12(18)11(17)9(5)15/h3-4H,1-2H3. The lowest BCUT2D eigenvalue weighted by atomic mass is 10.0. The minimum Gasteiger partial charge on any atom is -0.465 e. The monoisotopic (exact) mass is 556 g/mol. The number of methoxy groups -OCH3 is 2. The van der Waals surface area contributed by atoms with Gasteiger partial charge in [-0.2, -0.15) is 0 Å². The Bertz CT molecular complexity index is 735. The van der Waals surface area contributed by atoms with Crippen LogP contribution < -0.4 is 0 Å². The fourth-order valence-electron chi connectivity index (χ4n) is 1.95. The zero-order valence-corrected chi connectivity index (χ0v) is 17.6. The molecule has 0 aromatic heterocycles. The molecule has 0 atom stereocenters. The van der Waals surface area contributed by atoms with Gasteiger partial charge in [0.1, 0.15) is 0 Å². The summed E-state index contributed by atoms with van der Waals surface area (Å²) in [6.45, 7) is 0. The summed E-state index contributed by atoms with van der Waals surface area (Å²) in [5, 5.41) is 1.49. The molecule has 2 aromatic rings. The van der Waals surface area contributed by atoms with Crippen LogP contribution in [0.3, 0.4) is 0 Å². The van der Waals surface area contributed by atoms with Crippen molar-refractivity contribution in [2.45, 2.75) is 0 Å². The first-order valence-corrected chi connectivity index (χ1v) is 8.97. The molecule has 0 spiro atoms. The second-order valence-electron chi connectivity index (χ2n) is 4.18. The Morgan fingerprint density at radius 1 is 0.727 bits per heavy atom. The average molecular weight is 560 g/mol. The van der Waals surface area contributed by atoms with Crippen molar-refractivity contribution < 1.29 is 19.1 Å². The summed E-state index contributed by atoms with van der Waals surface area (Å²) >= 11 is 13.9. The molecule has 2 rings (SSSR count). The number of fused-ring (bicyclic) bond motifs is 1. The molecule has 0 aliphatic carbocycles. The summed E-state index contributed by atoms with van der Waals surface area (Å²) in [5.41, 5.74) is 0.285. The molecule has 0 aliphatic rings. The van der Waals surface area contributed by atoms with Gasteiger partial charge in [-0.05, 0) is 86.6 Å². The highest BCUT2D eigenvalue weighted by atomic mass is 79.9. The van der Waals surface area contributed by atoms with Crippen molar-refractivity contribution in [3.8, 4) is 0 Å². The molecule has 0 unspecified atom stereocenters. The number of ether oxygens (including phenoxy) is 2. The third kappa shape index (κ3) is 2.98. The zero-order chi connectivity index (χ0) is 16.6. The van der Waals surface area contributed by atoms with Gasteiger partial charge in [-0.15, -0.1) is 0 Å². The van der Waals surface area contributed by atoms with Crippen molar-refractivity contribution in [2.75, 3.05) is 14.2 Å². The Morgan fingerprint density at radius 2 is 1.05 bits per heavy atom. The van der Waals surface area contributed by atoms with Crippen molar-refractivity contribution in [3.05, 3.63) is 41.2 Å². The summed E-state index contributed by atoms with van der Waals surface area (Å²) in [5.74, 6) is -1.21. The maximum atomic E-state index is 12.0. The lowest BCUT2D eigenvalue weighted by Gasteiger charge is -2.13. The van der Waals surface area contributed by atoms with Crippen LogP contribution in [0.25, 0.3) is 10.8 Å². The number of benzene rings is 2. The quantitative estimate of drug-likeness (QED) is 0.279. The molecular formula is C14H8Br4O4. The van der Waals surface area contributed by atoms with Crippen molar-refractivity contribution >= 4 is 86.4 Å². The van der Waals surface area contributed by atoms with Gasteiger partial charge in [0.2, 0.25) is 0 Å². The Balaban J connectivity index is 2.95. The topological polar surface area (TPSA) is 52.6 Å². The SMILES string of the molecule is COC(=O)c1cc2c(Br)c(Br)c(Br)c(Br)c2cc1C(=O)OC. The lowest BCUT2D eigenvalue weighted by Crippen LogP contribution is -2.12. The number of hydrogen-bond acceptors (Lipinski definition) is 4. The van der Waals surface area contributed by atoms with Crippen LogP contribution in [0.15, 0.2) is 30.0 Å². The number of esters is 2. The van der Waals surface area contributed by atoms with E-state index in [9.17, 15) is 9.59 Å². The normalized spacial score (nSPS) is 10.6. The summed E-state index contributed by atoms with van der Waals surface area (Å²) in [6.07, 6.45) is 0. The van der Waals surface area contributed by atoms with Gasteiger partial charge in [0, 0.05) is 17.9 Å². The maximum absolute atomic E-state index is 12.0. The third-order valence-corrected chi connectivity index (χ3v) is 7.85. The maximum Gasteiger partial charge on any atom is 0.338 e. The Labute approximate surface area is 160 Å². The van der Waals surface area contributed by atoms with E-state index in [1.54, 1.807) is 12.1 Å². The van der Waals surface area contributed by atoms with E-state index in [4.69, 9.17) is 9.47 Å². The van der Waals surface area contributed by atoms with Crippen LogP contribution in [-0.2, 0) is 9.47 Å². The van der Waals surface area contributed by atoms with E-state index in [-0.39, 0.29) is 11.1 Å². The molecule has 0 amide bonds. The number of rotatable bonds is 2. The molecule has 0 fully saturated rings. The third-order valence-electron chi connectivity index (χ3n) is 3.02. The van der Waals surface area contributed by atoms with Gasteiger partial charge < -0.3 is 9.47 Å². The summed E-state index contributed by atoms with van der Waals surface area (Å²) in [6, 6.07) is 3.19. The molecule has 22 heavy (non-hydrogen) atoms. The lowest BCUT2D eigenvalue weighted by molar-refractivity contribution is 0.0555. The van der Waals surface area contributed by atoms with E-state index >= 15 is 0 Å². The summed E-state index contributed by atoms with van der Waals surface area (Å²) in [7, 11) is 2.52. The predicted molar refractivity (Wildman–Crippen MR) is 97.4 cm³/mol. The van der Waals surface area contributed by atoms with Gasteiger partial charge in [0.05, 0.1) is 25.3 Å². The minimum atomic E-state index is -0.607. The molecule has 4 nitrogen and oxygen atoms in total. The molecule has 0 radical (unpaired) electrons. The van der Waals surface area contributed by atoms with Gasteiger partial charge >= 0.3 is 11.9 Å². The summed E-state index contributed by atoms with van der Waals surface area (Å²) in [4.78, 5) is 23.9. The highest BCUT2D eigenvalue weighted by molar-refractivity contribution is 9.15. The van der Waals surface area contributed by atoms with Gasteiger partial charge in [-0.1, -0.05) is 0 Å². The Kier molecular flexibility index (Phi) is 5.68. The van der Waals surface area contributed by atoms with Crippen molar-refractivity contribution in [1.29, 1.82) is 0 Å².